The van der Waals surface area contributed by atoms with Crippen molar-refractivity contribution in [1.29, 1.82) is 0 Å². The van der Waals surface area contributed by atoms with E-state index in [4.69, 9.17) is 4.42 Å². The normalized spacial score (nSPS) is 16.2. The fourth-order valence-corrected chi connectivity index (χ4v) is 3.09. The summed E-state index contributed by atoms with van der Waals surface area (Å²) in [6.45, 7) is 7.82. The van der Waals surface area contributed by atoms with Crippen LogP contribution in [0.1, 0.15) is 44.2 Å². The molecule has 1 saturated heterocycles. The van der Waals surface area contributed by atoms with Gasteiger partial charge in [0, 0.05) is 30.4 Å². The second-order valence-electron chi connectivity index (χ2n) is 7.84. The second-order valence-corrected chi connectivity index (χ2v) is 7.84. The van der Waals surface area contributed by atoms with Crippen LogP contribution in [0.3, 0.4) is 0 Å². The number of hydrogen-bond acceptors (Lipinski definition) is 3. The number of benzene rings is 1. The van der Waals surface area contributed by atoms with Crippen LogP contribution in [0.5, 0.6) is 0 Å². The van der Waals surface area contributed by atoms with Crippen molar-refractivity contribution in [3.05, 3.63) is 36.1 Å². The van der Waals surface area contributed by atoms with Crippen molar-refractivity contribution in [3.63, 3.8) is 0 Å². The number of carbonyl (C=O) groups excluding carboxylic acids is 2. The molecule has 1 fully saturated rings. The van der Waals surface area contributed by atoms with Crippen molar-refractivity contribution < 1.29 is 14.0 Å². The lowest BCUT2D eigenvalue weighted by molar-refractivity contribution is -0.128. The number of nitrogens with one attached hydrogen (secondary N) is 1. The summed E-state index contributed by atoms with van der Waals surface area (Å²) in [7, 11) is 0. The van der Waals surface area contributed by atoms with Gasteiger partial charge in [-0.25, -0.2) is 0 Å². The van der Waals surface area contributed by atoms with E-state index in [0.29, 0.717) is 31.3 Å². The lowest BCUT2D eigenvalue weighted by Crippen LogP contribution is -2.43. The largest absolute Gasteiger partial charge is 0.451 e. The Labute approximate surface area is 148 Å². The van der Waals surface area contributed by atoms with Gasteiger partial charge in [-0.15, -0.1) is 0 Å². The van der Waals surface area contributed by atoms with Crippen molar-refractivity contribution in [1.82, 2.24) is 10.2 Å². The molecule has 0 radical (unpaired) electrons. The van der Waals surface area contributed by atoms with E-state index in [-0.39, 0.29) is 17.2 Å². The number of hydrogen-bond donors (Lipinski definition) is 1. The molecular formula is C20H26N2O3. The Morgan fingerprint density at radius 3 is 2.52 bits per heavy atom. The molecule has 25 heavy (non-hydrogen) atoms. The van der Waals surface area contributed by atoms with Crippen LogP contribution in [0.4, 0.5) is 0 Å². The predicted molar refractivity (Wildman–Crippen MR) is 97.3 cm³/mol. The smallest absolute Gasteiger partial charge is 0.289 e. The lowest BCUT2D eigenvalue weighted by atomic mass is 9.93. The van der Waals surface area contributed by atoms with Gasteiger partial charge in [0.2, 0.25) is 5.91 Å². The molecule has 134 valence electrons. The quantitative estimate of drug-likeness (QED) is 0.929. The molecule has 0 bridgehead atoms. The number of para-hydroxylation sites is 1. The monoisotopic (exact) mass is 342 g/mol. The lowest BCUT2D eigenvalue weighted by Gasteiger charge is -2.32. The average molecular weight is 342 g/mol. The van der Waals surface area contributed by atoms with Gasteiger partial charge in [0.1, 0.15) is 5.58 Å². The molecule has 0 atom stereocenters. The van der Waals surface area contributed by atoms with Crippen LogP contribution in [0, 0.1) is 11.3 Å². The maximum absolute atomic E-state index is 12.6. The van der Waals surface area contributed by atoms with E-state index in [0.717, 1.165) is 23.8 Å². The molecule has 2 heterocycles. The van der Waals surface area contributed by atoms with Crippen LogP contribution in [-0.2, 0) is 4.79 Å². The number of nitrogens with zero attached hydrogens (tertiary/aromatic N) is 1. The van der Waals surface area contributed by atoms with E-state index < -0.39 is 0 Å². The van der Waals surface area contributed by atoms with Gasteiger partial charge >= 0.3 is 0 Å². The summed E-state index contributed by atoms with van der Waals surface area (Å²) < 4.78 is 5.68. The second kappa shape index (κ2) is 6.90. The third-order valence-corrected chi connectivity index (χ3v) is 4.77. The number of fused-ring (bicyclic) bond motifs is 1. The highest BCUT2D eigenvalue weighted by atomic mass is 16.3. The molecule has 2 aromatic rings. The van der Waals surface area contributed by atoms with Gasteiger partial charge < -0.3 is 14.6 Å². The van der Waals surface area contributed by atoms with Crippen LogP contribution in [0.25, 0.3) is 11.0 Å². The van der Waals surface area contributed by atoms with Crippen molar-refractivity contribution >= 4 is 22.8 Å². The Hall–Kier alpha value is -2.30. The van der Waals surface area contributed by atoms with Gasteiger partial charge in [-0.1, -0.05) is 39.0 Å². The van der Waals surface area contributed by atoms with Gasteiger partial charge in [-0.3, -0.25) is 9.59 Å². The number of furan rings is 1. The fourth-order valence-electron chi connectivity index (χ4n) is 3.09. The molecule has 0 aliphatic carbocycles. The molecule has 1 aromatic carbocycles. The van der Waals surface area contributed by atoms with E-state index in [1.54, 1.807) is 0 Å². The van der Waals surface area contributed by atoms with Gasteiger partial charge in [0.15, 0.2) is 5.76 Å². The minimum atomic E-state index is -0.363. The number of rotatable bonds is 3. The zero-order valence-corrected chi connectivity index (χ0v) is 15.2. The Balaban J connectivity index is 1.53. The Bertz CT molecular complexity index is 732. The van der Waals surface area contributed by atoms with E-state index in [1.165, 1.54) is 0 Å². The minimum Gasteiger partial charge on any atom is -0.451 e. The molecule has 0 unspecified atom stereocenters. The molecule has 1 aliphatic rings. The van der Waals surface area contributed by atoms with Crippen molar-refractivity contribution in [3.8, 4) is 0 Å². The van der Waals surface area contributed by atoms with Crippen LogP contribution in [0.2, 0.25) is 0 Å². The third-order valence-electron chi connectivity index (χ3n) is 4.77. The first-order valence-electron chi connectivity index (χ1n) is 8.91. The molecule has 1 aliphatic heterocycles. The Kier molecular flexibility index (Phi) is 4.84. The summed E-state index contributed by atoms with van der Waals surface area (Å²) in [4.78, 5) is 26.4. The SMILES string of the molecule is CC(C)(C)C(=O)NCC1CCN(C(=O)c2cc3ccccc3o2)CC1. The fraction of sp³-hybridized carbons (Fsp3) is 0.500. The van der Waals surface area contributed by atoms with E-state index >= 15 is 0 Å². The predicted octanol–water partition coefficient (Wildman–Crippen LogP) is 3.45. The number of carbonyl (C=O) groups is 2. The number of piperidine rings is 1. The molecule has 5 heteroatoms. The maximum Gasteiger partial charge on any atom is 0.289 e. The first kappa shape index (κ1) is 17.5. The van der Waals surface area contributed by atoms with Crippen LogP contribution in [0.15, 0.2) is 34.7 Å². The molecule has 1 N–H and O–H groups in total. The van der Waals surface area contributed by atoms with Gasteiger partial charge in [0.05, 0.1) is 0 Å². The molecule has 1 aromatic heterocycles. The van der Waals surface area contributed by atoms with Gasteiger partial charge in [0.25, 0.3) is 5.91 Å². The molecular weight excluding hydrogens is 316 g/mol. The molecule has 5 nitrogen and oxygen atoms in total. The van der Waals surface area contributed by atoms with Crippen LogP contribution >= 0.6 is 0 Å². The first-order valence-corrected chi connectivity index (χ1v) is 8.91. The van der Waals surface area contributed by atoms with Gasteiger partial charge in [-0.05, 0) is 30.9 Å². The zero-order chi connectivity index (χ0) is 18.0. The Morgan fingerprint density at radius 2 is 1.88 bits per heavy atom. The standard InChI is InChI=1S/C20H26N2O3/c1-20(2,3)19(24)21-13-14-8-10-22(11-9-14)18(23)17-12-15-6-4-5-7-16(15)25-17/h4-7,12,14H,8-11,13H2,1-3H3,(H,21,24). The molecule has 3 rings (SSSR count). The summed E-state index contributed by atoms with van der Waals surface area (Å²) in [6, 6.07) is 9.46. The molecule has 0 spiro atoms. The highest BCUT2D eigenvalue weighted by molar-refractivity contribution is 5.96. The Morgan fingerprint density at radius 1 is 1.20 bits per heavy atom. The number of likely N-dealkylation sites (tertiary alicyclic amines) is 1. The first-order chi connectivity index (χ1) is 11.8. The summed E-state index contributed by atoms with van der Waals surface area (Å²) >= 11 is 0. The zero-order valence-electron chi connectivity index (χ0n) is 15.2. The van der Waals surface area contributed by atoms with Crippen LogP contribution < -0.4 is 5.32 Å². The minimum absolute atomic E-state index is 0.0478. The van der Waals surface area contributed by atoms with E-state index in [9.17, 15) is 9.59 Å². The van der Waals surface area contributed by atoms with E-state index in [1.807, 2.05) is 56.0 Å². The third kappa shape index (κ3) is 4.03. The maximum atomic E-state index is 12.6. The highest BCUT2D eigenvalue weighted by Crippen LogP contribution is 2.23. The van der Waals surface area contributed by atoms with Crippen molar-refractivity contribution in [2.24, 2.45) is 11.3 Å². The number of amides is 2. The molecule has 2 amide bonds. The topological polar surface area (TPSA) is 62.6 Å². The van der Waals surface area contributed by atoms with E-state index in [2.05, 4.69) is 5.32 Å². The summed E-state index contributed by atoms with van der Waals surface area (Å²) in [6.07, 6.45) is 1.80. The average Bonchev–Trinajstić information content (AvgIpc) is 3.02. The van der Waals surface area contributed by atoms with Gasteiger partial charge in [-0.2, -0.15) is 0 Å². The molecule has 0 saturated carbocycles. The van der Waals surface area contributed by atoms with Crippen molar-refractivity contribution in [2.75, 3.05) is 19.6 Å². The van der Waals surface area contributed by atoms with Crippen molar-refractivity contribution in [2.45, 2.75) is 33.6 Å². The summed E-state index contributed by atoms with van der Waals surface area (Å²) in [5.74, 6) is 0.855. The summed E-state index contributed by atoms with van der Waals surface area (Å²) in [5, 5.41) is 3.97. The summed E-state index contributed by atoms with van der Waals surface area (Å²) in [5.41, 5.74) is 0.378. The highest BCUT2D eigenvalue weighted by Gasteiger charge is 2.27. The van der Waals surface area contributed by atoms with Crippen LogP contribution in [-0.4, -0.2) is 36.3 Å².